The highest BCUT2D eigenvalue weighted by Gasteiger charge is 2.25. The normalized spacial score (nSPS) is 16.2. The maximum absolute atomic E-state index is 13.5. The second kappa shape index (κ2) is 11.8. The van der Waals surface area contributed by atoms with Crippen molar-refractivity contribution in [3.05, 3.63) is 59.4 Å². The number of nitrogens with zero attached hydrogens (tertiary/aromatic N) is 2. The third-order valence-corrected chi connectivity index (χ3v) is 6.75. The molecule has 1 aromatic heterocycles. The van der Waals surface area contributed by atoms with E-state index in [2.05, 4.69) is 21.9 Å². The van der Waals surface area contributed by atoms with Crippen molar-refractivity contribution >= 4 is 17.6 Å². The number of aliphatic carboxylic acids is 1. The summed E-state index contributed by atoms with van der Waals surface area (Å²) in [5.41, 5.74) is 5.91. The average molecular weight is 508 g/mol. The van der Waals surface area contributed by atoms with E-state index < -0.39 is 23.7 Å². The van der Waals surface area contributed by atoms with Crippen molar-refractivity contribution in [3.8, 4) is 22.8 Å². The molecule has 37 heavy (non-hydrogen) atoms. The minimum atomic E-state index is -0.990. The Hall–Kier alpha value is -4.06. The Morgan fingerprint density at radius 3 is 2.70 bits per heavy atom. The van der Waals surface area contributed by atoms with Gasteiger partial charge >= 0.3 is 5.97 Å². The van der Waals surface area contributed by atoms with E-state index in [1.165, 1.54) is 55.3 Å². The van der Waals surface area contributed by atoms with Crippen molar-refractivity contribution in [2.24, 2.45) is 5.92 Å². The minimum absolute atomic E-state index is 0.00564. The van der Waals surface area contributed by atoms with Gasteiger partial charge in [0, 0.05) is 6.04 Å². The zero-order chi connectivity index (χ0) is 26.4. The molecule has 194 valence electrons. The maximum Gasteiger partial charge on any atom is 0.305 e. The van der Waals surface area contributed by atoms with Crippen LogP contribution in [0.3, 0.4) is 0 Å². The van der Waals surface area contributed by atoms with Gasteiger partial charge in [-0.1, -0.05) is 38.2 Å². The Kier molecular flexibility index (Phi) is 8.29. The van der Waals surface area contributed by atoms with Gasteiger partial charge in [-0.25, -0.2) is 4.68 Å². The van der Waals surface area contributed by atoms with Gasteiger partial charge < -0.3 is 20.3 Å². The number of halogens is 1. The molecular formula is C28H30FN3O5. The zero-order valence-electron chi connectivity index (χ0n) is 20.7. The number of carbonyl (C=O) groups excluding carboxylic acids is 1. The Bertz CT molecular complexity index is 1310. The molecule has 0 radical (unpaired) electrons. The number of amides is 1. The fourth-order valence-electron chi connectivity index (χ4n) is 4.89. The lowest BCUT2D eigenvalue weighted by atomic mass is 9.85. The van der Waals surface area contributed by atoms with Gasteiger partial charge in [-0.2, -0.15) is 9.49 Å². The first-order chi connectivity index (χ1) is 17.9. The summed E-state index contributed by atoms with van der Waals surface area (Å²) in [4.78, 5) is 24.7. The van der Waals surface area contributed by atoms with Gasteiger partial charge in [0.05, 0.1) is 24.8 Å². The second-order valence-corrected chi connectivity index (χ2v) is 9.35. The Morgan fingerprint density at radius 1 is 1.24 bits per heavy atom. The lowest BCUT2D eigenvalue weighted by Gasteiger charge is -2.24. The predicted molar refractivity (Wildman–Crippen MR) is 136 cm³/mol. The smallest absolute Gasteiger partial charge is 0.305 e. The number of carboxylic acid groups (broad SMARTS) is 1. The molecule has 1 amide bonds. The predicted octanol–water partition coefficient (Wildman–Crippen LogP) is 5.22. The molecular weight excluding hydrogens is 477 g/mol. The van der Waals surface area contributed by atoms with Gasteiger partial charge in [-0.3, -0.25) is 9.59 Å². The molecule has 1 atom stereocenters. The topological polar surface area (TPSA) is 114 Å². The van der Waals surface area contributed by atoms with Crippen LogP contribution in [0, 0.1) is 5.92 Å². The maximum atomic E-state index is 13.5. The third-order valence-electron chi connectivity index (χ3n) is 6.75. The number of aromatic nitrogens is 2. The van der Waals surface area contributed by atoms with E-state index in [0.717, 1.165) is 19.3 Å². The van der Waals surface area contributed by atoms with Gasteiger partial charge in [-0.15, -0.1) is 0 Å². The summed E-state index contributed by atoms with van der Waals surface area (Å²) < 4.78 is 20.3. The Labute approximate surface area is 214 Å². The van der Waals surface area contributed by atoms with Crippen molar-refractivity contribution in [3.63, 3.8) is 0 Å². The quantitative estimate of drug-likeness (QED) is 0.380. The van der Waals surface area contributed by atoms with E-state index in [1.54, 1.807) is 12.1 Å². The number of ether oxygens (including phenoxy) is 1. The molecule has 1 aromatic carbocycles. The Morgan fingerprint density at radius 2 is 2.03 bits per heavy atom. The van der Waals surface area contributed by atoms with Crippen LogP contribution in [0.25, 0.3) is 17.0 Å². The summed E-state index contributed by atoms with van der Waals surface area (Å²) in [7, 11) is 1.45. The number of rotatable bonds is 10. The molecule has 9 heteroatoms. The number of nitrogens with one attached hydrogen (secondary N) is 1. The summed E-state index contributed by atoms with van der Waals surface area (Å²) in [6.07, 6.45) is 9.72. The molecule has 2 aliphatic carbocycles. The molecule has 0 unspecified atom stereocenters. The highest BCUT2D eigenvalue weighted by atomic mass is 19.1. The largest absolute Gasteiger partial charge is 0.507 e. The lowest BCUT2D eigenvalue weighted by Crippen LogP contribution is -2.37. The third kappa shape index (κ3) is 6.39. The SMILES string of the molecule is COc1cccc(O)c1-c1cc(C(=O)N[C@@H](CCC2CCCCC2)CC(=O)O)nn1C1=C=C=C(F)C=C1. The van der Waals surface area contributed by atoms with Crippen LogP contribution in [-0.2, 0) is 4.79 Å². The molecule has 2 aromatic rings. The zero-order valence-corrected chi connectivity index (χ0v) is 20.7. The van der Waals surface area contributed by atoms with E-state index in [1.807, 2.05) is 0 Å². The van der Waals surface area contributed by atoms with E-state index >= 15 is 0 Å². The first kappa shape index (κ1) is 26.0. The molecule has 1 fully saturated rings. The molecule has 0 aliphatic heterocycles. The molecule has 0 bridgehead atoms. The number of hydrogen-bond acceptors (Lipinski definition) is 5. The highest BCUT2D eigenvalue weighted by molar-refractivity contribution is 5.95. The van der Waals surface area contributed by atoms with Crippen LogP contribution in [0.15, 0.2) is 53.7 Å². The van der Waals surface area contributed by atoms with Crippen LogP contribution >= 0.6 is 0 Å². The number of hydrogen-bond donors (Lipinski definition) is 3. The Balaban J connectivity index is 1.65. The van der Waals surface area contributed by atoms with Gasteiger partial charge in [0.1, 0.15) is 17.2 Å². The first-order valence-electron chi connectivity index (χ1n) is 12.4. The lowest BCUT2D eigenvalue weighted by molar-refractivity contribution is -0.137. The fraction of sp³-hybridized carbons (Fsp3) is 0.393. The van der Waals surface area contributed by atoms with E-state index in [-0.39, 0.29) is 23.4 Å². The number of benzene rings is 1. The van der Waals surface area contributed by atoms with Crippen LogP contribution in [0.5, 0.6) is 11.5 Å². The van der Waals surface area contributed by atoms with Crippen LogP contribution in [0.2, 0.25) is 0 Å². The van der Waals surface area contributed by atoms with Crippen molar-refractivity contribution in [2.45, 2.75) is 57.4 Å². The summed E-state index contributed by atoms with van der Waals surface area (Å²) in [6, 6.07) is 5.67. The molecule has 0 spiro atoms. The van der Waals surface area contributed by atoms with Crippen LogP contribution in [0.1, 0.15) is 61.9 Å². The standard InChI is InChI=1S/C28H30FN3O5/c1-37-25-9-5-8-24(33)27(25)23-17-22(31-32(23)21-14-11-19(29)12-15-21)28(36)30-20(16-26(34)35)13-10-18-6-3-2-4-7-18/h5,8-9,11,14,17-18,20,33H,2-4,6-7,10,13,16H2,1H3,(H,30,36)(H,34,35)/t20-/m0/s1. The van der Waals surface area contributed by atoms with Gasteiger partial charge in [0.2, 0.25) is 0 Å². The van der Waals surface area contributed by atoms with Crippen molar-refractivity contribution in [1.82, 2.24) is 15.1 Å². The van der Waals surface area contributed by atoms with E-state index in [9.17, 15) is 24.2 Å². The average Bonchev–Trinajstić information content (AvgIpc) is 3.33. The summed E-state index contributed by atoms with van der Waals surface area (Å²) in [5, 5.41) is 27.3. The second-order valence-electron chi connectivity index (χ2n) is 9.35. The van der Waals surface area contributed by atoms with Crippen LogP contribution in [0.4, 0.5) is 4.39 Å². The van der Waals surface area contributed by atoms with Crippen LogP contribution in [-0.4, -0.2) is 45.0 Å². The fourth-order valence-corrected chi connectivity index (χ4v) is 4.89. The molecule has 8 nitrogen and oxygen atoms in total. The number of aromatic hydroxyl groups is 1. The van der Waals surface area contributed by atoms with E-state index in [0.29, 0.717) is 29.5 Å². The minimum Gasteiger partial charge on any atom is -0.507 e. The van der Waals surface area contributed by atoms with Crippen molar-refractivity contribution in [2.75, 3.05) is 7.11 Å². The monoisotopic (exact) mass is 507 g/mol. The molecule has 1 saturated carbocycles. The van der Waals surface area contributed by atoms with Crippen LogP contribution < -0.4 is 10.1 Å². The van der Waals surface area contributed by atoms with Crippen molar-refractivity contribution < 1.29 is 28.9 Å². The summed E-state index contributed by atoms with van der Waals surface area (Å²) >= 11 is 0. The van der Waals surface area contributed by atoms with Crippen molar-refractivity contribution in [1.29, 1.82) is 0 Å². The van der Waals surface area contributed by atoms with E-state index in [4.69, 9.17) is 4.74 Å². The number of methoxy groups -OCH3 is 1. The number of phenolic OH excluding ortho intramolecular Hbond substituents is 1. The summed E-state index contributed by atoms with van der Waals surface area (Å²) in [6.45, 7) is 0. The molecule has 3 N–H and O–H groups in total. The summed E-state index contributed by atoms with van der Waals surface area (Å²) in [5.74, 6) is -1.35. The number of carboxylic acids is 1. The number of phenols is 1. The molecule has 2 aliphatic rings. The first-order valence-corrected chi connectivity index (χ1v) is 12.4. The molecule has 0 saturated heterocycles. The van der Waals surface area contributed by atoms with Gasteiger partial charge in [0.15, 0.2) is 11.5 Å². The van der Waals surface area contributed by atoms with Gasteiger partial charge in [0.25, 0.3) is 5.91 Å². The highest BCUT2D eigenvalue weighted by Crippen LogP contribution is 2.39. The number of carbonyl (C=O) groups is 2. The molecule has 1 heterocycles. The molecule has 4 rings (SSSR count). The number of allylic oxidation sites excluding steroid dienone is 4. The van der Waals surface area contributed by atoms with Gasteiger partial charge in [-0.05, 0) is 60.6 Å².